The van der Waals surface area contributed by atoms with Gasteiger partial charge in [0.05, 0.1) is 12.7 Å². The molecular weight excluding hydrogens is 292 g/mol. The normalized spacial score (nSPS) is 9.81. The first-order valence-corrected chi connectivity index (χ1v) is 6.49. The summed E-state index contributed by atoms with van der Waals surface area (Å²) in [6, 6.07) is 13.2. The molecule has 2 aromatic carbocycles. The first-order chi connectivity index (χ1) is 10.1. The fourth-order valence-electron chi connectivity index (χ4n) is 1.70. The van der Waals surface area contributed by atoms with Gasteiger partial charge in [-0.3, -0.25) is 20.4 Å². The molecule has 0 aromatic heterocycles. The Morgan fingerprint density at radius 3 is 2.33 bits per heavy atom. The number of hydrogen-bond donors (Lipinski definition) is 2. The molecule has 0 aliphatic rings. The first-order valence-electron chi connectivity index (χ1n) is 6.11. The van der Waals surface area contributed by atoms with Crippen molar-refractivity contribution in [2.75, 3.05) is 7.11 Å². The average molecular weight is 305 g/mol. The smallest absolute Gasteiger partial charge is 0.273 e. The predicted octanol–water partition coefficient (Wildman–Crippen LogP) is 2.42. The van der Waals surface area contributed by atoms with Gasteiger partial charge in [-0.1, -0.05) is 29.8 Å². The summed E-state index contributed by atoms with van der Waals surface area (Å²) in [5, 5.41) is 0.455. The van der Waals surface area contributed by atoms with Crippen LogP contribution in [0, 0.1) is 0 Å². The average Bonchev–Trinajstić information content (AvgIpc) is 2.52. The molecule has 2 aromatic rings. The second-order valence-electron chi connectivity index (χ2n) is 4.12. The number of rotatable bonds is 3. The Hall–Kier alpha value is -2.53. The Labute approximate surface area is 126 Å². The molecule has 0 saturated heterocycles. The fourth-order valence-corrected chi connectivity index (χ4v) is 1.86. The van der Waals surface area contributed by atoms with Crippen molar-refractivity contribution in [3.05, 3.63) is 64.7 Å². The van der Waals surface area contributed by atoms with Crippen molar-refractivity contribution in [3.8, 4) is 5.75 Å². The maximum absolute atomic E-state index is 12.0. The van der Waals surface area contributed by atoms with E-state index in [1.165, 1.54) is 19.2 Å². The summed E-state index contributed by atoms with van der Waals surface area (Å²) >= 11 is 5.83. The standard InChI is InChI=1S/C15H13ClN2O3/c1-21-13-9-11(16)7-8-12(13)15(20)18-17-14(19)10-5-3-2-4-6-10/h2-9H,1H3,(H,17,19)(H,18,20). The highest BCUT2D eigenvalue weighted by Crippen LogP contribution is 2.22. The highest BCUT2D eigenvalue weighted by atomic mass is 35.5. The van der Waals surface area contributed by atoms with Gasteiger partial charge in [-0.2, -0.15) is 0 Å². The highest BCUT2D eigenvalue weighted by molar-refractivity contribution is 6.30. The lowest BCUT2D eigenvalue weighted by molar-refractivity contribution is 0.0845. The number of amides is 2. The monoisotopic (exact) mass is 304 g/mol. The molecule has 21 heavy (non-hydrogen) atoms. The van der Waals surface area contributed by atoms with Gasteiger partial charge in [0.2, 0.25) is 0 Å². The van der Waals surface area contributed by atoms with E-state index in [4.69, 9.17) is 16.3 Å². The molecule has 2 rings (SSSR count). The molecule has 0 unspecified atom stereocenters. The molecule has 0 aliphatic heterocycles. The third-order valence-corrected chi connectivity index (χ3v) is 2.97. The molecule has 108 valence electrons. The maximum atomic E-state index is 12.0. The van der Waals surface area contributed by atoms with Crippen LogP contribution in [0.15, 0.2) is 48.5 Å². The third kappa shape index (κ3) is 3.73. The van der Waals surface area contributed by atoms with Crippen LogP contribution >= 0.6 is 11.6 Å². The molecule has 0 fully saturated rings. The number of carbonyl (C=O) groups is 2. The van der Waals surface area contributed by atoms with Crippen molar-refractivity contribution in [2.24, 2.45) is 0 Å². The number of hydrogen-bond acceptors (Lipinski definition) is 3. The summed E-state index contributed by atoms with van der Waals surface area (Å²) < 4.78 is 5.08. The van der Waals surface area contributed by atoms with Crippen LogP contribution in [0.3, 0.4) is 0 Å². The topological polar surface area (TPSA) is 67.4 Å². The molecular formula is C15H13ClN2O3. The van der Waals surface area contributed by atoms with Crippen LogP contribution in [0.25, 0.3) is 0 Å². The number of halogens is 1. The van der Waals surface area contributed by atoms with E-state index in [0.717, 1.165) is 0 Å². The SMILES string of the molecule is COc1cc(Cl)ccc1C(=O)NNC(=O)c1ccccc1. The zero-order chi connectivity index (χ0) is 15.2. The van der Waals surface area contributed by atoms with Gasteiger partial charge in [0.15, 0.2) is 0 Å². The van der Waals surface area contributed by atoms with Crippen molar-refractivity contribution in [1.82, 2.24) is 10.9 Å². The van der Waals surface area contributed by atoms with Gasteiger partial charge in [0.25, 0.3) is 11.8 Å². The van der Waals surface area contributed by atoms with Crippen molar-refractivity contribution < 1.29 is 14.3 Å². The van der Waals surface area contributed by atoms with Crippen LogP contribution < -0.4 is 15.6 Å². The number of methoxy groups -OCH3 is 1. The Morgan fingerprint density at radius 1 is 1.00 bits per heavy atom. The highest BCUT2D eigenvalue weighted by Gasteiger charge is 2.13. The molecule has 0 aliphatic carbocycles. The van der Waals surface area contributed by atoms with Gasteiger partial charge in [0, 0.05) is 10.6 Å². The summed E-state index contributed by atoms with van der Waals surface area (Å²) in [6.45, 7) is 0. The van der Waals surface area contributed by atoms with Gasteiger partial charge >= 0.3 is 0 Å². The van der Waals surface area contributed by atoms with Gasteiger partial charge < -0.3 is 4.74 Å². The molecule has 0 bridgehead atoms. The fraction of sp³-hybridized carbons (Fsp3) is 0.0667. The minimum atomic E-state index is -0.493. The zero-order valence-corrected chi connectivity index (χ0v) is 12.0. The van der Waals surface area contributed by atoms with E-state index in [0.29, 0.717) is 16.3 Å². The summed E-state index contributed by atoms with van der Waals surface area (Å²) in [5.41, 5.74) is 5.38. The summed E-state index contributed by atoms with van der Waals surface area (Å²) in [7, 11) is 1.44. The van der Waals surface area contributed by atoms with Crippen molar-refractivity contribution in [3.63, 3.8) is 0 Å². The molecule has 5 nitrogen and oxygen atoms in total. The molecule has 2 N–H and O–H groups in total. The van der Waals surface area contributed by atoms with Crippen molar-refractivity contribution >= 4 is 23.4 Å². The van der Waals surface area contributed by atoms with Gasteiger partial charge in [0.1, 0.15) is 5.75 Å². The van der Waals surface area contributed by atoms with Gasteiger partial charge in [-0.25, -0.2) is 0 Å². The number of carbonyl (C=O) groups excluding carboxylic acids is 2. The number of ether oxygens (including phenoxy) is 1. The minimum Gasteiger partial charge on any atom is -0.496 e. The van der Waals surface area contributed by atoms with Crippen LogP contribution in [-0.2, 0) is 0 Å². The van der Waals surface area contributed by atoms with E-state index in [9.17, 15) is 9.59 Å². The lowest BCUT2D eigenvalue weighted by Gasteiger charge is -2.10. The zero-order valence-electron chi connectivity index (χ0n) is 11.2. The maximum Gasteiger partial charge on any atom is 0.273 e. The summed E-state index contributed by atoms with van der Waals surface area (Å²) in [6.07, 6.45) is 0. The van der Waals surface area contributed by atoms with E-state index in [1.54, 1.807) is 36.4 Å². The Balaban J connectivity index is 2.04. The molecule has 0 saturated carbocycles. The summed E-state index contributed by atoms with van der Waals surface area (Å²) in [4.78, 5) is 23.8. The molecule has 0 heterocycles. The van der Waals surface area contributed by atoms with Crippen molar-refractivity contribution in [2.45, 2.75) is 0 Å². The molecule has 0 radical (unpaired) electrons. The van der Waals surface area contributed by atoms with E-state index >= 15 is 0 Å². The van der Waals surface area contributed by atoms with E-state index in [1.807, 2.05) is 0 Å². The molecule has 0 spiro atoms. The van der Waals surface area contributed by atoms with E-state index < -0.39 is 11.8 Å². The molecule has 2 amide bonds. The van der Waals surface area contributed by atoms with E-state index in [2.05, 4.69) is 10.9 Å². The van der Waals surface area contributed by atoms with E-state index in [-0.39, 0.29) is 5.56 Å². The minimum absolute atomic E-state index is 0.273. The molecule has 0 atom stereocenters. The predicted molar refractivity (Wildman–Crippen MR) is 79.4 cm³/mol. The van der Waals surface area contributed by atoms with Gasteiger partial charge in [-0.15, -0.1) is 0 Å². The second kappa shape index (κ2) is 6.76. The Bertz CT molecular complexity index is 659. The lowest BCUT2D eigenvalue weighted by atomic mass is 10.2. The number of hydrazine groups is 1. The first kappa shape index (κ1) is 14.9. The van der Waals surface area contributed by atoms with Crippen LogP contribution in [0.5, 0.6) is 5.75 Å². The quantitative estimate of drug-likeness (QED) is 0.856. The second-order valence-corrected chi connectivity index (χ2v) is 4.56. The third-order valence-electron chi connectivity index (χ3n) is 2.73. The van der Waals surface area contributed by atoms with Crippen LogP contribution in [0.1, 0.15) is 20.7 Å². The summed E-state index contributed by atoms with van der Waals surface area (Å²) in [5.74, 6) is -0.571. The Morgan fingerprint density at radius 2 is 1.67 bits per heavy atom. The van der Waals surface area contributed by atoms with Crippen LogP contribution in [-0.4, -0.2) is 18.9 Å². The molecule has 6 heteroatoms. The van der Waals surface area contributed by atoms with Crippen LogP contribution in [0.4, 0.5) is 0 Å². The number of benzene rings is 2. The van der Waals surface area contributed by atoms with Crippen LogP contribution in [0.2, 0.25) is 5.02 Å². The largest absolute Gasteiger partial charge is 0.496 e. The Kier molecular flexibility index (Phi) is 4.79. The van der Waals surface area contributed by atoms with Crippen molar-refractivity contribution in [1.29, 1.82) is 0 Å². The number of nitrogens with one attached hydrogen (secondary N) is 2. The van der Waals surface area contributed by atoms with Gasteiger partial charge in [-0.05, 0) is 30.3 Å². The lowest BCUT2D eigenvalue weighted by Crippen LogP contribution is -2.41.